The monoisotopic (exact) mass is 269 g/mol. The van der Waals surface area contributed by atoms with Gasteiger partial charge in [-0.3, -0.25) is 0 Å². The van der Waals surface area contributed by atoms with Crippen LogP contribution in [-0.4, -0.2) is 15.6 Å². The van der Waals surface area contributed by atoms with Crippen LogP contribution in [0.1, 0.15) is 32.6 Å². The highest BCUT2D eigenvalue weighted by Gasteiger charge is 2.20. The molecular formula is C17H23N3. The second kappa shape index (κ2) is 5.70. The van der Waals surface area contributed by atoms with Crippen molar-refractivity contribution >= 4 is 5.69 Å². The Balaban J connectivity index is 1.79. The van der Waals surface area contributed by atoms with Gasteiger partial charge in [-0.05, 0) is 30.9 Å². The van der Waals surface area contributed by atoms with Crippen LogP contribution >= 0.6 is 0 Å². The topological polar surface area (TPSA) is 29.9 Å². The summed E-state index contributed by atoms with van der Waals surface area (Å²) in [7, 11) is 2.03. The first-order chi connectivity index (χ1) is 9.74. The summed E-state index contributed by atoms with van der Waals surface area (Å²) in [4.78, 5) is 4.42. The minimum absolute atomic E-state index is 0.611. The number of rotatable bonds is 3. The van der Waals surface area contributed by atoms with E-state index in [1.807, 2.05) is 19.4 Å². The van der Waals surface area contributed by atoms with Crippen molar-refractivity contribution in [3.8, 4) is 11.4 Å². The number of hydrogen-bond acceptors (Lipinski definition) is 2. The third-order valence-corrected chi connectivity index (χ3v) is 4.41. The van der Waals surface area contributed by atoms with Crippen LogP contribution in [0.3, 0.4) is 0 Å². The summed E-state index contributed by atoms with van der Waals surface area (Å²) in [6, 6.07) is 9.22. The highest BCUT2D eigenvalue weighted by atomic mass is 15.0. The molecule has 1 aromatic heterocycles. The summed E-state index contributed by atoms with van der Waals surface area (Å²) < 4.78 is 2.06. The molecule has 0 saturated heterocycles. The van der Waals surface area contributed by atoms with E-state index in [1.54, 1.807) is 0 Å². The molecule has 2 aromatic rings. The minimum atomic E-state index is 0.611. The normalized spacial score (nSPS) is 22.7. The summed E-state index contributed by atoms with van der Waals surface area (Å²) in [5, 5.41) is 3.72. The molecule has 1 heterocycles. The highest BCUT2D eigenvalue weighted by molar-refractivity contribution is 5.63. The Labute approximate surface area is 121 Å². The van der Waals surface area contributed by atoms with Crippen molar-refractivity contribution < 1.29 is 0 Å². The molecule has 1 aromatic carbocycles. The van der Waals surface area contributed by atoms with Crippen molar-refractivity contribution in [2.45, 2.75) is 38.6 Å². The molecule has 20 heavy (non-hydrogen) atoms. The quantitative estimate of drug-likeness (QED) is 0.910. The van der Waals surface area contributed by atoms with E-state index in [9.17, 15) is 0 Å². The second-order valence-electron chi connectivity index (χ2n) is 5.96. The lowest BCUT2D eigenvalue weighted by molar-refractivity contribution is 0.349. The summed E-state index contributed by atoms with van der Waals surface area (Å²) in [6.07, 6.45) is 9.19. The molecule has 2 atom stereocenters. The summed E-state index contributed by atoms with van der Waals surface area (Å²) in [5.74, 6) is 1.78. The van der Waals surface area contributed by atoms with Crippen LogP contribution in [0, 0.1) is 5.92 Å². The van der Waals surface area contributed by atoms with Crippen molar-refractivity contribution in [2.24, 2.45) is 13.0 Å². The summed E-state index contributed by atoms with van der Waals surface area (Å²) >= 11 is 0. The van der Waals surface area contributed by atoms with Gasteiger partial charge in [-0.15, -0.1) is 0 Å². The fourth-order valence-corrected chi connectivity index (χ4v) is 3.14. The molecule has 3 heteroatoms. The van der Waals surface area contributed by atoms with Crippen LogP contribution in [0.15, 0.2) is 36.7 Å². The molecule has 1 fully saturated rings. The number of aromatic nitrogens is 2. The number of hydrogen-bond donors (Lipinski definition) is 1. The van der Waals surface area contributed by atoms with Gasteiger partial charge in [0.05, 0.1) is 0 Å². The van der Waals surface area contributed by atoms with E-state index in [4.69, 9.17) is 0 Å². The zero-order valence-electron chi connectivity index (χ0n) is 12.3. The van der Waals surface area contributed by atoms with E-state index in [0.717, 1.165) is 11.7 Å². The largest absolute Gasteiger partial charge is 0.382 e. The van der Waals surface area contributed by atoms with Gasteiger partial charge in [0, 0.05) is 36.7 Å². The average molecular weight is 269 g/mol. The minimum Gasteiger partial charge on any atom is -0.382 e. The Morgan fingerprint density at radius 3 is 2.85 bits per heavy atom. The van der Waals surface area contributed by atoms with Crippen LogP contribution in [-0.2, 0) is 7.05 Å². The third-order valence-electron chi connectivity index (χ3n) is 4.41. The Bertz CT molecular complexity index is 573. The van der Waals surface area contributed by atoms with E-state index in [1.165, 1.54) is 36.9 Å². The maximum absolute atomic E-state index is 4.42. The van der Waals surface area contributed by atoms with Crippen LogP contribution in [0.2, 0.25) is 0 Å². The molecule has 0 unspecified atom stereocenters. The van der Waals surface area contributed by atoms with Crippen molar-refractivity contribution in [1.82, 2.24) is 9.55 Å². The number of nitrogens with zero attached hydrogens (tertiary/aromatic N) is 2. The fraction of sp³-hybridized carbons (Fsp3) is 0.471. The Kier molecular flexibility index (Phi) is 3.77. The van der Waals surface area contributed by atoms with Crippen molar-refractivity contribution in [3.63, 3.8) is 0 Å². The number of anilines is 1. The number of benzene rings is 1. The molecule has 1 aliphatic carbocycles. The smallest absolute Gasteiger partial charge is 0.139 e. The molecule has 0 bridgehead atoms. The van der Waals surface area contributed by atoms with Gasteiger partial charge in [-0.2, -0.15) is 0 Å². The van der Waals surface area contributed by atoms with Gasteiger partial charge in [0.25, 0.3) is 0 Å². The first kappa shape index (κ1) is 13.2. The molecule has 106 valence electrons. The molecule has 0 aliphatic heterocycles. The van der Waals surface area contributed by atoms with Crippen molar-refractivity contribution in [1.29, 1.82) is 0 Å². The van der Waals surface area contributed by atoms with Gasteiger partial charge in [-0.1, -0.05) is 31.9 Å². The van der Waals surface area contributed by atoms with Crippen LogP contribution in [0.5, 0.6) is 0 Å². The van der Waals surface area contributed by atoms with Crippen molar-refractivity contribution in [2.75, 3.05) is 5.32 Å². The molecule has 1 aliphatic rings. The lowest BCUT2D eigenvalue weighted by atomic mass is 9.86. The van der Waals surface area contributed by atoms with Gasteiger partial charge in [0.2, 0.25) is 0 Å². The number of imidazole rings is 1. The van der Waals surface area contributed by atoms with E-state index in [2.05, 4.69) is 46.1 Å². The van der Waals surface area contributed by atoms with Gasteiger partial charge in [0.1, 0.15) is 5.82 Å². The number of nitrogens with one attached hydrogen (secondary N) is 1. The molecule has 3 rings (SSSR count). The van der Waals surface area contributed by atoms with Gasteiger partial charge >= 0.3 is 0 Å². The van der Waals surface area contributed by atoms with Crippen LogP contribution < -0.4 is 5.32 Å². The third kappa shape index (κ3) is 2.72. The van der Waals surface area contributed by atoms with E-state index in [0.29, 0.717) is 6.04 Å². The molecule has 0 radical (unpaired) electrons. The first-order valence-electron chi connectivity index (χ1n) is 7.58. The predicted molar refractivity (Wildman–Crippen MR) is 83.7 cm³/mol. The molecule has 0 spiro atoms. The molecular weight excluding hydrogens is 246 g/mol. The zero-order valence-corrected chi connectivity index (χ0v) is 12.3. The van der Waals surface area contributed by atoms with Gasteiger partial charge in [0.15, 0.2) is 0 Å². The molecule has 0 amide bonds. The fourth-order valence-electron chi connectivity index (χ4n) is 3.14. The zero-order chi connectivity index (χ0) is 13.9. The Morgan fingerprint density at radius 1 is 1.25 bits per heavy atom. The molecule has 1 saturated carbocycles. The number of aryl methyl sites for hydroxylation is 1. The van der Waals surface area contributed by atoms with Crippen LogP contribution in [0.25, 0.3) is 11.4 Å². The Morgan fingerprint density at radius 2 is 2.10 bits per heavy atom. The average Bonchev–Trinajstić information content (AvgIpc) is 2.88. The summed E-state index contributed by atoms with van der Waals surface area (Å²) in [5.41, 5.74) is 2.38. The van der Waals surface area contributed by atoms with Crippen LogP contribution in [0.4, 0.5) is 5.69 Å². The SMILES string of the molecule is C[C@@H]1CCCC[C@@H]1Nc1cccc(-c2nccn2C)c1. The lowest BCUT2D eigenvalue weighted by Crippen LogP contribution is -2.30. The van der Waals surface area contributed by atoms with Gasteiger partial charge < -0.3 is 9.88 Å². The van der Waals surface area contributed by atoms with E-state index < -0.39 is 0 Å². The second-order valence-corrected chi connectivity index (χ2v) is 5.96. The maximum Gasteiger partial charge on any atom is 0.139 e. The predicted octanol–water partition coefficient (Wildman–Crippen LogP) is 4.08. The van der Waals surface area contributed by atoms with E-state index >= 15 is 0 Å². The summed E-state index contributed by atoms with van der Waals surface area (Å²) in [6.45, 7) is 2.36. The molecule has 3 nitrogen and oxygen atoms in total. The van der Waals surface area contributed by atoms with E-state index in [-0.39, 0.29) is 0 Å². The first-order valence-corrected chi connectivity index (χ1v) is 7.58. The van der Waals surface area contributed by atoms with Gasteiger partial charge in [-0.25, -0.2) is 4.98 Å². The van der Waals surface area contributed by atoms with Crippen molar-refractivity contribution in [3.05, 3.63) is 36.7 Å². The molecule has 1 N–H and O–H groups in total. The highest BCUT2D eigenvalue weighted by Crippen LogP contribution is 2.28. The maximum atomic E-state index is 4.42. The lowest BCUT2D eigenvalue weighted by Gasteiger charge is -2.30. The standard InChI is InChI=1S/C17H23N3/c1-13-6-3-4-9-16(13)19-15-8-5-7-14(12-15)17-18-10-11-20(17)2/h5,7-8,10-13,16,19H,3-4,6,9H2,1-2H3/t13-,16+/m1/s1. The Hall–Kier alpha value is -1.77.